The maximum atomic E-state index is 12.5. The van der Waals surface area contributed by atoms with E-state index < -0.39 is 0 Å². The second kappa shape index (κ2) is 6.84. The summed E-state index contributed by atoms with van der Waals surface area (Å²) in [5, 5.41) is 6.95. The Morgan fingerprint density at radius 3 is 2.77 bits per heavy atom. The van der Waals surface area contributed by atoms with Crippen molar-refractivity contribution < 1.29 is 9.32 Å². The number of nitrogens with zero attached hydrogens (tertiary/aromatic N) is 3. The molecule has 6 nitrogen and oxygen atoms in total. The number of benzene rings is 2. The molecule has 2 heterocycles. The minimum atomic E-state index is -0.376. The van der Waals surface area contributed by atoms with Crippen LogP contribution in [0.3, 0.4) is 0 Å². The second-order valence-electron chi connectivity index (χ2n) is 6.08. The lowest BCUT2D eigenvalue weighted by atomic mass is 10.1. The van der Waals surface area contributed by atoms with Crippen LogP contribution in [0.4, 0.5) is 0 Å². The highest BCUT2D eigenvalue weighted by molar-refractivity contribution is 5.83. The van der Waals surface area contributed by atoms with Crippen LogP contribution in [0.15, 0.2) is 71.5 Å². The summed E-state index contributed by atoms with van der Waals surface area (Å²) in [5.74, 6) is 0.505. The van der Waals surface area contributed by atoms with Gasteiger partial charge in [-0.05, 0) is 19.1 Å². The number of rotatable bonds is 5. The lowest BCUT2D eigenvalue weighted by molar-refractivity contribution is -0.124. The van der Waals surface area contributed by atoms with Crippen molar-refractivity contribution in [3.63, 3.8) is 0 Å². The highest BCUT2D eigenvalue weighted by Gasteiger charge is 2.17. The van der Waals surface area contributed by atoms with Gasteiger partial charge in [0.2, 0.25) is 5.91 Å². The molecule has 0 saturated heterocycles. The maximum absolute atomic E-state index is 12.5. The van der Waals surface area contributed by atoms with E-state index in [2.05, 4.69) is 15.5 Å². The number of hydrogen-bond donors (Lipinski definition) is 1. The molecule has 1 N–H and O–H groups in total. The molecule has 0 fully saturated rings. The second-order valence-corrected chi connectivity index (χ2v) is 6.08. The third-order valence-electron chi connectivity index (χ3n) is 4.34. The van der Waals surface area contributed by atoms with Crippen LogP contribution in [0.1, 0.15) is 18.7 Å². The van der Waals surface area contributed by atoms with E-state index in [0.717, 1.165) is 22.3 Å². The van der Waals surface area contributed by atoms with Gasteiger partial charge in [0, 0.05) is 11.6 Å². The average molecular weight is 346 g/mol. The van der Waals surface area contributed by atoms with E-state index in [1.54, 1.807) is 6.33 Å². The van der Waals surface area contributed by atoms with Crippen LogP contribution >= 0.6 is 0 Å². The van der Waals surface area contributed by atoms with Gasteiger partial charge in [0.25, 0.3) is 0 Å². The van der Waals surface area contributed by atoms with Gasteiger partial charge in [-0.3, -0.25) is 4.79 Å². The average Bonchev–Trinajstić information content (AvgIpc) is 3.33. The number of fused-ring (bicyclic) bond motifs is 1. The van der Waals surface area contributed by atoms with Crippen LogP contribution < -0.4 is 5.32 Å². The van der Waals surface area contributed by atoms with E-state index in [4.69, 9.17) is 4.52 Å². The van der Waals surface area contributed by atoms with E-state index in [1.807, 2.05) is 72.2 Å². The number of amides is 1. The van der Waals surface area contributed by atoms with Crippen molar-refractivity contribution in [1.29, 1.82) is 0 Å². The summed E-state index contributed by atoms with van der Waals surface area (Å²) in [4.78, 5) is 16.8. The molecule has 2 aromatic carbocycles. The SMILES string of the molecule is C[C@@H](C(=O)NCc1cc(-c2ccccc2)no1)n1cnc2ccccc21. The molecule has 1 amide bonds. The van der Waals surface area contributed by atoms with Crippen molar-refractivity contribution in [2.75, 3.05) is 0 Å². The zero-order valence-corrected chi connectivity index (χ0v) is 14.3. The minimum absolute atomic E-state index is 0.106. The Hall–Kier alpha value is -3.41. The minimum Gasteiger partial charge on any atom is -0.359 e. The van der Waals surface area contributed by atoms with Gasteiger partial charge >= 0.3 is 0 Å². The van der Waals surface area contributed by atoms with Crippen LogP contribution in [-0.4, -0.2) is 20.6 Å². The lowest BCUT2D eigenvalue weighted by Gasteiger charge is -2.13. The van der Waals surface area contributed by atoms with Gasteiger partial charge in [-0.2, -0.15) is 0 Å². The fourth-order valence-corrected chi connectivity index (χ4v) is 2.88. The number of aromatic nitrogens is 3. The van der Waals surface area contributed by atoms with Gasteiger partial charge in [-0.15, -0.1) is 0 Å². The zero-order valence-electron chi connectivity index (χ0n) is 14.3. The first-order chi connectivity index (χ1) is 12.7. The summed E-state index contributed by atoms with van der Waals surface area (Å²) in [6.07, 6.45) is 1.69. The molecule has 130 valence electrons. The molecule has 0 unspecified atom stereocenters. The van der Waals surface area contributed by atoms with Gasteiger partial charge in [-0.25, -0.2) is 4.98 Å². The fourth-order valence-electron chi connectivity index (χ4n) is 2.88. The molecule has 4 aromatic rings. The molecule has 0 radical (unpaired) electrons. The topological polar surface area (TPSA) is 73.0 Å². The van der Waals surface area contributed by atoms with E-state index in [-0.39, 0.29) is 18.5 Å². The summed E-state index contributed by atoms with van der Waals surface area (Å²) < 4.78 is 7.19. The Morgan fingerprint density at radius 2 is 1.92 bits per heavy atom. The molecular formula is C20H18N4O2. The quantitative estimate of drug-likeness (QED) is 0.599. The summed E-state index contributed by atoms with van der Waals surface area (Å²) in [5.41, 5.74) is 3.53. The predicted octanol–water partition coefficient (Wildman–Crippen LogP) is 3.57. The molecule has 0 aliphatic carbocycles. The van der Waals surface area contributed by atoms with E-state index in [0.29, 0.717) is 5.76 Å². The van der Waals surface area contributed by atoms with Crippen LogP contribution in [-0.2, 0) is 11.3 Å². The monoisotopic (exact) mass is 346 g/mol. The first-order valence-corrected chi connectivity index (χ1v) is 8.42. The van der Waals surface area contributed by atoms with E-state index in [9.17, 15) is 4.79 Å². The van der Waals surface area contributed by atoms with Gasteiger partial charge < -0.3 is 14.4 Å². The predicted molar refractivity (Wildman–Crippen MR) is 98.2 cm³/mol. The molecule has 0 spiro atoms. The zero-order chi connectivity index (χ0) is 17.9. The third kappa shape index (κ3) is 3.09. The molecule has 2 aromatic heterocycles. The molecule has 0 bridgehead atoms. The highest BCUT2D eigenvalue weighted by Crippen LogP contribution is 2.19. The summed E-state index contributed by atoms with van der Waals surface area (Å²) in [7, 11) is 0. The standard InChI is InChI=1S/C20H18N4O2/c1-14(24-13-22-17-9-5-6-10-19(17)24)20(25)21-12-16-11-18(23-26-16)15-7-3-2-4-8-15/h2-11,13-14H,12H2,1H3,(H,21,25)/t14-/m0/s1. The fraction of sp³-hybridized carbons (Fsp3) is 0.150. The Kier molecular flexibility index (Phi) is 4.23. The van der Waals surface area contributed by atoms with Crippen molar-refractivity contribution in [2.24, 2.45) is 0 Å². The van der Waals surface area contributed by atoms with Crippen molar-refractivity contribution in [2.45, 2.75) is 19.5 Å². The Morgan fingerprint density at radius 1 is 1.15 bits per heavy atom. The van der Waals surface area contributed by atoms with Crippen LogP contribution in [0, 0.1) is 0 Å². The van der Waals surface area contributed by atoms with Crippen molar-refractivity contribution in [1.82, 2.24) is 20.0 Å². The van der Waals surface area contributed by atoms with E-state index >= 15 is 0 Å². The molecule has 6 heteroatoms. The normalized spacial score (nSPS) is 12.2. The Balaban J connectivity index is 1.43. The first kappa shape index (κ1) is 16.1. The van der Waals surface area contributed by atoms with Gasteiger partial charge in [0.15, 0.2) is 5.76 Å². The van der Waals surface area contributed by atoms with Gasteiger partial charge in [-0.1, -0.05) is 47.6 Å². The Labute approximate surface area is 150 Å². The number of imidazole rings is 1. The number of nitrogens with one attached hydrogen (secondary N) is 1. The van der Waals surface area contributed by atoms with Crippen LogP contribution in [0.2, 0.25) is 0 Å². The molecule has 0 aliphatic rings. The van der Waals surface area contributed by atoms with Gasteiger partial charge in [0.1, 0.15) is 11.7 Å². The molecular weight excluding hydrogens is 328 g/mol. The van der Waals surface area contributed by atoms with Crippen LogP contribution in [0.5, 0.6) is 0 Å². The molecule has 0 aliphatic heterocycles. The highest BCUT2D eigenvalue weighted by atomic mass is 16.5. The summed E-state index contributed by atoms with van der Waals surface area (Å²) >= 11 is 0. The molecule has 0 saturated carbocycles. The van der Waals surface area contributed by atoms with Gasteiger partial charge in [0.05, 0.1) is 23.9 Å². The summed E-state index contributed by atoms with van der Waals surface area (Å²) in [6.45, 7) is 2.13. The number of carbonyl (C=O) groups is 1. The van der Waals surface area contributed by atoms with Crippen molar-refractivity contribution >= 4 is 16.9 Å². The lowest BCUT2D eigenvalue weighted by Crippen LogP contribution is -2.30. The van der Waals surface area contributed by atoms with Crippen LogP contribution in [0.25, 0.3) is 22.3 Å². The molecule has 26 heavy (non-hydrogen) atoms. The smallest absolute Gasteiger partial charge is 0.243 e. The van der Waals surface area contributed by atoms with E-state index in [1.165, 1.54) is 0 Å². The van der Waals surface area contributed by atoms with Crippen molar-refractivity contribution in [3.05, 3.63) is 72.8 Å². The summed E-state index contributed by atoms with van der Waals surface area (Å²) in [6, 6.07) is 19.0. The largest absolute Gasteiger partial charge is 0.359 e. The number of hydrogen-bond acceptors (Lipinski definition) is 4. The molecule has 4 rings (SSSR count). The third-order valence-corrected chi connectivity index (χ3v) is 4.34. The maximum Gasteiger partial charge on any atom is 0.243 e. The first-order valence-electron chi connectivity index (χ1n) is 8.42. The van der Waals surface area contributed by atoms with Crippen molar-refractivity contribution in [3.8, 4) is 11.3 Å². The number of para-hydroxylation sites is 2. The molecule has 1 atom stereocenters. The Bertz CT molecular complexity index is 1040. The number of carbonyl (C=O) groups excluding carboxylic acids is 1.